The van der Waals surface area contributed by atoms with E-state index in [1.807, 2.05) is 24.5 Å². The summed E-state index contributed by atoms with van der Waals surface area (Å²) in [4.78, 5) is 0. The topological polar surface area (TPSA) is 25.2 Å². The van der Waals surface area contributed by atoms with Gasteiger partial charge in [0.2, 0.25) is 0 Å². The molecule has 1 aromatic carbocycles. The standard InChI is InChI=1S/C17H23NO/c1-5-13(11-18-17(2,3)4)10-14-12-19-16-9-7-6-8-15(14)16/h6-10,12,18H,5,11H2,1-4H3/b13-10-. The first-order chi connectivity index (χ1) is 8.99. The molecule has 2 nitrogen and oxygen atoms in total. The number of para-hydroxylation sites is 1. The van der Waals surface area contributed by atoms with Crippen molar-refractivity contribution in [2.45, 2.75) is 39.7 Å². The highest BCUT2D eigenvalue weighted by molar-refractivity contribution is 5.87. The van der Waals surface area contributed by atoms with Crippen molar-refractivity contribution in [2.24, 2.45) is 0 Å². The second-order valence-electron chi connectivity index (χ2n) is 5.95. The Labute approximate surface area is 115 Å². The molecule has 2 heteroatoms. The van der Waals surface area contributed by atoms with Crippen molar-refractivity contribution < 1.29 is 4.42 Å². The van der Waals surface area contributed by atoms with E-state index in [1.54, 1.807) is 0 Å². The fraction of sp³-hybridized carbons (Fsp3) is 0.412. The third-order valence-electron chi connectivity index (χ3n) is 3.17. The molecule has 2 aromatic rings. The van der Waals surface area contributed by atoms with Gasteiger partial charge in [-0.05, 0) is 33.3 Å². The lowest BCUT2D eigenvalue weighted by Crippen LogP contribution is -2.36. The van der Waals surface area contributed by atoms with Crippen LogP contribution < -0.4 is 5.32 Å². The van der Waals surface area contributed by atoms with Gasteiger partial charge in [-0.3, -0.25) is 0 Å². The van der Waals surface area contributed by atoms with E-state index in [9.17, 15) is 0 Å². The lowest BCUT2D eigenvalue weighted by Gasteiger charge is -2.21. The van der Waals surface area contributed by atoms with E-state index in [0.29, 0.717) is 0 Å². The summed E-state index contributed by atoms with van der Waals surface area (Å²) in [5.74, 6) is 0. The zero-order valence-corrected chi connectivity index (χ0v) is 12.3. The highest BCUT2D eigenvalue weighted by Crippen LogP contribution is 2.23. The maximum absolute atomic E-state index is 5.57. The highest BCUT2D eigenvalue weighted by Gasteiger charge is 2.09. The van der Waals surface area contributed by atoms with Crippen molar-refractivity contribution in [3.63, 3.8) is 0 Å². The normalized spacial score (nSPS) is 13.2. The maximum Gasteiger partial charge on any atom is 0.134 e. The molecule has 0 saturated heterocycles. The van der Waals surface area contributed by atoms with Gasteiger partial charge in [-0.1, -0.05) is 36.8 Å². The van der Waals surface area contributed by atoms with Gasteiger partial charge in [0.25, 0.3) is 0 Å². The summed E-state index contributed by atoms with van der Waals surface area (Å²) in [5.41, 5.74) is 3.66. The zero-order valence-electron chi connectivity index (χ0n) is 12.3. The van der Waals surface area contributed by atoms with Crippen LogP contribution in [0.1, 0.15) is 39.7 Å². The van der Waals surface area contributed by atoms with Crippen molar-refractivity contribution in [3.8, 4) is 0 Å². The molecule has 0 fully saturated rings. The van der Waals surface area contributed by atoms with Gasteiger partial charge in [0.1, 0.15) is 5.58 Å². The fourth-order valence-electron chi connectivity index (χ4n) is 1.99. The van der Waals surface area contributed by atoms with Crippen LogP contribution in [0.5, 0.6) is 0 Å². The smallest absolute Gasteiger partial charge is 0.134 e. The summed E-state index contributed by atoms with van der Waals surface area (Å²) in [6, 6.07) is 8.16. The Bertz CT molecular complexity index is 572. The molecule has 0 aliphatic rings. The second-order valence-corrected chi connectivity index (χ2v) is 5.95. The molecule has 102 valence electrons. The Morgan fingerprint density at radius 1 is 1.26 bits per heavy atom. The Hall–Kier alpha value is -1.54. The molecular weight excluding hydrogens is 234 g/mol. The molecule has 19 heavy (non-hydrogen) atoms. The van der Waals surface area contributed by atoms with E-state index in [-0.39, 0.29) is 5.54 Å². The van der Waals surface area contributed by atoms with E-state index >= 15 is 0 Å². The van der Waals surface area contributed by atoms with Crippen LogP contribution in [0.15, 0.2) is 40.5 Å². The Morgan fingerprint density at radius 3 is 2.68 bits per heavy atom. The number of furan rings is 1. The van der Waals surface area contributed by atoms with Crippen LogP contribution >= 0.6 is 0 Å². The average molecular weight is 257 g/mol. The van der Waals surface area contributed by atoms with E-state index in [0.717, 1.165) is 18.5 Å². The Kier molecular flexibility index (Phi) is 4.11. The highest BCUT2D eigenvalue weighted by atomic mass is 16.3. The van der Waals surface area contributed by atoms with E-state index in [1.165, 1.54) is 16.5 Å². The predicted molar refractivity (Wildman–Crippen MR) is 82.2 cm³/mol. The minimum atomic E-state index is 0.146. The summed E-state index contributed by atoms with van der Waals surface area (Å²) in [5, 5.41) is 4.72. The van der Waals surface area contributed by atoms with E-state index < -0.39 is 0 Å². The largest absolute Gasteiger partial charge is 0.464 e. The van der Waals surface area contributed by atoms with Gasteiger partial charge < -0.3 is 9.73 Å². The van der Waals surface area contributed by atoms with Crippen molar-refractivity contribution >= 4 is 17.0 Å². The Morgan fingerprint density at radius 2 is 2.00 bits per heavy atom. The van der Waals surface area contributed by atoms with E-state index in [4.69, 9.17) is 4.42 Å². The van der Waals surface area contributed by atoms with Gasteiger partial charge in [0.15, 0.2) is 0 Å². The van der Waals surface area contributed by atoms with Gasteiger partial charge in [-0.2, -0.15) is 0 Å². The summed E-state index contributed by atoms with van der Waals surface area (Å²) in [6.45, 7) is 9.67. The Balaban J connectivity index is 2.22. The van der Waals surface area contributed by atoms with Gasteiger partial charge in [-0.15, -0.1) is 0 Å². The van der Waals surface area contributed by atoms with Crippen LogP contribution in [-0.4, -0.2) is 12.1 Å². The van der Waals surface area contributed by atoms with Gasteiger partial charge in [0.05, 0.1) is 6.26 Å². The van der Waals surface area contributed by atoms with Crippen LogP contribution in [0.2, 0.25) is 0 Å². The number of rotatable bonds is 4. The van der Waals surface area contributed by atoms with Crippen LogP contribution in [0.3, 0.4) is 0 Å². The molecule has 0 amide bonds. The van der Waals surface area contributed by atoms with Crippen molar-refractivity contribution in [1.82, 2.24) is 5.32 Å². The molecular formula is C17H23NO. The molecule has 2 rings (SSSR count). The van der Waals surface area contributed by atoms with Gasteiger partial charge in [0, 0.05) is 23.0 Å². The molecule has 1 heterocycles. The quantitative estimate of drug-likeness (QED) is 0.865. The average Bonchev–Trinajstić information content (AvgIpc) is 2.77. The molecule has 1 aromatic heterocycles. The third-order valence-corrected chi connectivity index (χ3v) is 3.17. The first-order valence-electron chi connectivity index (χ1n) is 6.90. The molecule has 0 aliphatic heterocycles. The molecule has 0 bridgehead atoms. The maximum atomic E-state index is 5.57. The van der Waals surface area contributed by atoms with Crippen LogP contribution in [0, 0.1) is 0 Å². The molecule has 1 N–H and O–H groups in total. The number of nitrogens with one attached hydrogen (secondary N) is 1. The van der Waals surface area contributed by atoms with Crippen LogP contribution in [0.25, 0.3) is 17.0 Å². The predicted octanol–water partition coefficient (Wildman–Crippen LogP) is 4.61. The molecule has 0 radical (unpaired) electrons. The molecule has 0 unspecified atom stereocenters. The fourth-order valence-corrected chi connectivity index (χ4v) is 1.99. The lowest BCUT2D eigenvalue weighted by atomic mass is 10.1. The second kappa shape index (κ2) is 5.62. The minimum absolute atomic E-state index is 0.146. The SMILES string of the molecule is CC/C(=C/c1coc2ccccc12)CNC(C)(C)C. The summed E-state index contributed by atoms with van der Waals surface area (Å²) in [6.07, 6.45) is 5.13. The summed E-state index contributed by atoms with van der Waals surface area (Å²) in [7, 11) is 0. The zero-order chi connectivity index (χ0) is 13.9. The monoisotopic (exact) mass is 257 g/mol. The third kappa shape index (κ3) is 3.71. The van der Waals surface area contributed by atoms with Crippen molar-refractivity contribution in [2.75, 3.05) is 6.54 Å². The summed E-state index contributed by atoms with van der Waals surface area (Å²) < 4.78 is 5.57. The first-order valence-corrected chi connectivity index (χ1v) is 6.90. The summed E-state index contributed by atoms with van der Waals surface area (Å²) >= 11 is 0. The van der Waals surface area contributed by atoms with Crippen molar-refractivity contribution in [3.05, 3.63) is 41.7 Å². The molecule has 0 spiro atoms. The van der Waals surface area contributed by atoms with Crippen LogP contribution in [0.4, 0.5) is 0 Å². The molecule has 0 saturated carbocycles. The number of benzene rings is 1. The van der Waals surface area contributed by atoms with E-state index in [2.05, 4.69) is 45.2 Å². The van der Waals surface area contributed by atoms with Gasteiger partial charge >= 0.3 is 0 Å². The molecule has 0 atom stereocenters. The van der Waals surface area contributed by atoms with Crippen molar-refractivity contribution in [1.29, 1.82) is 0 Å². The first kappa shape index (κ1) is 13.9. The lowest BCUT2D eigenvalue weighted by molar-refractivity contribution is 0.443. The number of fused-ring (bicyclic) bond motifs is 1. The van der Waals surface area contributed by atoms with Gasteiger partial charge in [-0.25, -0.2) is 0 Å². The molecule has 0 aliphatic carbocycles. The number of hydrogen-bond acceptors (Lipinski definition) is 2. The van der Waals surface area contributed by atoms with Crippen LogP contribution in [-0.2, 0) is 0 Å². The minimum Gasteiger partial charge on any atom is -0.464 e. The number of hydrogen-bond donors (Lipinski definition) is 1.